The van der Waals surface area contributed by atoms with Gasteiger partial charge in [0.25, 0.3) is 23.6 Å². The zero-order valence-electron chi connectivity index (χ0n) is 57.4. The quantitative estimate of drug-likeness (QED) is 0.0505. The number of rotatable bonds is 11. The lowest BCUT2D eigenvalue weighted by molar-refractivity contribution is -0.280. The Morgan fingerprint density at radius 2 is 1.50 bits per heavy atom. The molecular formula is C66H72N16O18S5. The molecule has 1 aromatic carbocycles. The average Bonchev–Trinajstić information content (AvgIpc) is 1.75. The Labute approximate surface area is 617 Å². The van der Waals surface area contributed by atoms with Gasteiger partial charge >= 0.3 is 11.9 Å². The van der Waals surface area contributed by atoms with E-state index in [0.717, 1.165) is 69.8 Å². The van der Waals surface area contributed by atoms with Crippen LogP contribution >= 0.6 is 56.7 Å². The molecular weight excluding hydrogens is 1470 g/mol. The first-order valence-corrected chi connectivity index (χ1v) is 37.2. The summed E-state index contributed by atoms with van der Waals surface area (Å²) in [5.74, 6) is -7.86. The Hall–Kier alpha value is -9.36. The lowest BCUT2D eigenvalue weighted by Crippen LogP contribution is -2.62. The van der Waals surface area contributed by atoms with Gasteiger partial charge in [0.2, 0.25) is 11.8 Å². The summed E-state index contributed by atoms with van der Waals surface area (Å²) in [4.78, 5) is 150. The van der Waals surface area contributed by atoms with E-state index in [4.69, 9.17) is 49.1 Å². The van der Waals surface area contributed by atoms with Crippen molar-refractivity contribution in [3.63, 3.8) is 0 Å². The number of primary amides is 1. The summed E-state index contributed by atoms with van der Waals surface area (Å²) in [5, 5.41) is 68.5. The third-order valence-corrected chi connectivity index (χ3v) is 22.9. The zero-order valence-corrected chi connectivity index (χ0v) is 61.5. The lowest BCUT2D eigenvalue weighted by atomic mass is 9.85. The van der Waals surface area contributed by atoms with E-state index in [9.17, 15) is 39.7 Å². The van der Waals surface area contributed by atoms with E-state index in [1.165, 1.54) is 60.0 Å². The third-order valence-electron chi connectivity index (χ3n) is 18.4. The number of benzene rings is 1. The number of aromatic nitrogens is 7. The summed E-state index contributed by atoms with van der Waals surface area (Å²) in [5.41, 5.74) is 3.11. The van der Waals surface area contributed by atoms with Gasteiger partial charge in [-0.3, -0.25) is 33.7 Å². The first-order chi connectivity index (χ1) is 50.1. The first-order valence-electron chi connectivity index (χ1n) is 32.8. The Morgan fingerprint density at radius 3 is 2.22 bits per heavy atom. The van der Waals surface area contributed by atoms with Crippen LogP contribution < -0.4 is 32.3 Å². The van der Waals surface area contributed by atoms with Crippen LogP contribution in [0.1, 0.15) is 125 Å². The number of fused-ring (bicyclic) bond motifs is 15. The number of likely N-dealkylation sites (N-methyl/N-ethyl adjacent to an activating group) is 2. The number of piperazine rings is 1. The topological polar surface area (TPSA) is 451 Å². The molecule has 0 spiro atoms. The summed E-state index contributed by atoms with van der Waals surface area (Å²) in [6.07, 6.45) is -7.56. The predicted octanol–water partition coefficient (Wildman–Crippen LogP) is 2.99. The second-order valence-corrected chi connectivity index (χ2v) is 30.4. The van der Waals surface area contributed by atoms with E-state index in [2.05, 4.69) is 46.4 Å². The van der Waals surface area contributed by atoms with Crippen molar-refractivity contribution in [1.82, 2.24) is 75.9 Å². The van der Waals surface area contributed by atoms with Gasteiger partial charge in [-0.05, 0) is 66.5 Å². The zero-order chi connectivity index (χ0) is 74.6. The molecule has 8 aromatic rings. The first kappa shape index (κ1) is 73.9. The lowest BCUT2D eigenvalue weighted by Gasteiger charge is -2.48. The number of carbonyl (C=O) groups excluding carboxylic acids is 8. The second kappa shape index (κ2) is 30.2. The van der Waals surface area contributed by atoms with Crippen LogP contribution in [0.4, 0.5) is 0 Å². The minimum atomic E-state index is -1.92. The number of nitrogens with zero attached hydrogens (tertiary/aromatic N) is 10. The molecule has 1 unspecified atom stereocenters. The number of thiazole rings is 5. The van der Waals surface area contributed by atoms with Gasteiger partial charge in [0.1, 0.15) is 126 Å². The molecule has 12 heterocycles. The van der Waals surface area contributed by atoms with Gasteiger partial charge < -0.3 is 91.1 Å². The number of allylic oxidation sites excluding steroid dienone is 1. The number of amides is 6. The van der Waals surface area contributed by atoms with E-state index in [-0.39, 0.29) is 111 Å². The summed E-state index contributed by atoms with van der Waals surface area (Å²) in [7, 11) is 6.83. The molecule has 0 aliphatic carbocycles. The number of nitrogens with two attached hydrogens (primary N) is 1. The van der Waals surface area contributed by atoms with Crippen LogP contribution in [0.2, 0.25) is 0 Å². The van der Waals surface area contributed by atoms with Crippen molar-refractivity contribution < 1.29 is 87.3 Å². The van der Waals surface area contributed by atoms with Gasteiger partial charge in [0.15, 0.2) is 18.1 Å². The fourth-order valence-corrected chi connectivity index (χ4v) is 17.4. The normalized spacial score (nSPS) is 24.8. The Balaban J connectivity index is 0.955. The molecule has 13 rings (SSSR count). The number of nitrogens with one attached hydrogen (secondary N) is 5. The Bertz CT molecular complexity index is 4760. The fourth-order valence-electron chi connectivity index (χ4n) is 13.2. The minimum Gasteiger partial charge on any atom is -0.506 e. The van der Waals surface area contributed by atoms with Crippen LogP contribution in [0.15, 0.2) is 56.9 Å². The van der Waals surface area contributed by atoms with Gasteiger partial charge in [-0.25, -0.2) is 39.5 Å². The number of aromatic hydroxyl groups is 1. The SMILES string of the molecule is CO/C(C)=C1/NC(=O)[C@H]([C@@H](C)O)NC(=O)c2csc(n2)-c2cc(O)c(-c3nc(C(=O)NC(CN4CCN(C)CC4)C(N)=O)cs3)nc2-c2csc(n2)[C@@H]2COC(=O)c3c4c5c(cccc5n3O)COC(=O)[C@@H](O[C@H]3C[C@](C)(O)[C@H](N(C)C)[C@H](C)O3)[C@@H](OC4)[C@H](NC(=O)c3csc1n3)c1nc(cs1)C(=O)N2. The number of aliphatic hydroxyl groups excluding tert-OH is 1. The Morgan fingerprint density at radius 1 is 0.838 bits per heavy atom. The van der Waals surface area contributed by atoms with Crippen molar-refractivity contribution in [2.75, 3.05) is 67.6 Å². The Kier molecular flexibility index (Phi) is 21.3. The van der Waals surface area contributed by atoms with Gasteiger partial charge in [0.05, 0.1) is 43.1 Å². The molecule has 105 heavy (non-hydrogen) atoms. The standard InChI is InChI=1S/C66H72N16O18S5/c1-27(83)44-58(90)77-45(28(2)95-8)61-72-39(26-103-61)57(89)78-48-50-51(100-42-17-66(4,93)52(79(5)6)29(3)99-42)65(92)97-19-30-10-9-11-40-43(30)32(20-96-50)49(82(40)94)64(91)98-21-34(69-55(87)37-25-105-63(48)74-37)60-70-35(22-102-60)46-31(59-71-38(23-101-59)56(88)76-44)16-41(84)47(75-46)62-73-36(24-104-62)54(86)68-33(53(67)85)18-81-14-12-80(7)13-15-81/h9-11,16,22-27,29,33-34,42,44,48,50-52,83-84,93-94H,12-15,17-21H2,1-8H3,(H2,67,85)(H,68,86)(H,69,87)(H,76,88)(H,77,90)(H,78,89)/b45-28+/t27-,29+,33?,34+,42+,44+,48+,50+,51+,52-,66+/m1/s1. The second-order valence-electron chi connectivity index (χ2n) is 26.1. The van der Waals surface area contributed by atoms with E-state index < -0.39 is 145 Å². The van der Waals surface area contributed by atoms with Crippen molar-refractivity contribution in [1.29, 1.82) is 0 Å². The summed E-state index contributed by atoms with van der Waals surface area (Å²) >= 11 is 4.55. The largest absolute Gasteiger partial charge is 0.506 e. The maximum absolute atomic E-state index is 15.2. The maximum atomic E-state index is 15.2. The molecule has 6 amide bonds. The molecule has 2 fully saturated rings. The number of aliphatic hydroxyl groups is 2. The number of carbonyl (C=O) groups is 8. The number of ether oxygens (including phenoxy) is 6. The molecule has 7 aromatic heterocycles. The average molecular weight is 1540 g/mol. The molecule has 11 atom stereocenters. The maximum Gasteiger partial charge on any atom is 0.358 e. The number of cyclic esters (lactones) is 2. The number of esters is 2. The van der Waals surface area contributed by atoms with Gasteiger partial charge in [-0.15, -0.1) is 56.7 Å². The highest BCUT2D eigenvalue weighted by molar-refractivity contribution is 7.14. The molecule has 5 aliphatic rings. The van der Waals surface area contributed by atoms with Gasteiger partial charge in [-0.2, -0.15) is 4.73 Å². The molecule has 11 N–H and O–H groups in total. The van der Waals surface area contributed by atoms with Crippen LogP contribution in [0.5, 0.6) is 5.75 Å². The highest BCUT2D eigenvalue weighted by Gasteiger charge is 2.50. The van der Waals surface area contributed by atoms with Crippen molar-refractivity contribution in [2.45, 2.75) is 114 Å². The van der Waals surface area contributed by atoms with Crippen molar-refractivity contribution in [2.24, 2.45) is 5.73 Å². The molecule has 0 saturated carbocycles. The molecule has 39 heteroatoms. The number of hydrogen-bond acceptors (Lipinski definition) is 32. The van der Waals surface area contributed by atoms with Gasteiger partial charge in [-0.1, -0.05) is 12.1 Å². The molecule has 0 radical (unpaired) electrons. The fraction of sp³-hybridized carbons (Fsp3) is 0.424. The molecule has 5 aliphatic heterocycles. The van der Waals surface area contributed by atoms with Crippen molar-refractivity contribution in [3.8, 4) is 38.4 Å². The smallest absolute Gasteiger partial charge is 0.358 e. The van der Waals surface area contributed by atoms with Gasteiger partial charge in [0, 0.05) is 82.6 Å². The molecule has 2 saturated heterocycles. The van der Waals surface area contributed by atoms with E-state index in [0.29, 0.717) is 23.4 Å². The summed E-state index contributed by atoms with van der Waals surface area (Å²) in [6.45, 7) is 7.18. The van der Waals surface area contributed by atoms with Crippen molar-refractivity contribution >= 4 is 121 Å². The molecule has 554 valence electrons. The highest BCUT2D eigenvalue weighted by atomic mass is 32.1. The van der Waals surface area contributed by atoms with Crippen LogP contribution in [0, 0.1) is 0 Å². The molecule has 34 nitrogen and oxygen atoms in total. The van der Waals surface area contributed by atoms with Crippen LogP contribution in [-0.4, -0.2) is 239 Å². The summed E-state index contributed by atoms with van der Waals surface area (Å²) in [6, 6.07) is -0.403. The summed E-state index contributed by atoms with van der Waals surface area (Å²) < 4.78 is 38.4. The van der Waals surface area contributed by atoms with Crippen molar-refractivity contribution in [3.05, 3.63) is 112 Å². The van der Waals surface area contributed by atoms with Crippen LogP contribution in [0.25, 0.3) is 49.3 Å². The third kappa shape index (κ3) is 15.1. The number of methoxy groups -OCH3 is 1. The highest BCUT2D eigenvalue weighted by Crippen LogP contribution is 2.43. The van der Waals surface area contributed by atoms with Crippen LogP contribution in [-0.2, 0) is 56.0 Å². The molecule has 12 bridgehead atoms. The minimum absolute atomic E-state index is 0.0121. The predicted molar refractivity (Wildman–Crippen MR) is 379 cm³/mol. The number of hydrogen-bond donors (Lipinski definition) is 10. The van der Waals surface area contributed by atoms with E-state index >= 15 is 19.2 Å². The van der Waals surface area contributed by atoms with Crippen LogP contribution in [0.3, 0.4) is 0 Å². The van der Waals surface area contributed by atoms with E-state index in [1.54, 1.807) is 45.0 Å². The van der Waals surface area contributed by atoms with E-state index in [1.807, 2.05) is 11.9 Å². The monoisotopic (exact) mass is 1540 g/mol. The number of pyridine rings is 1.